The predicted octanol–water partition coefficient (Wildman–Crippen LogP) is 5.60. The second-order valence-corrected chi connectivity index (χ2v) is 9.76. The maximum atomic E-state index is 12.9. The number of amides is 1. The standard InChI is InChI=1S/C23H23N5OS2/c1-14(22(29)25-19-9-5-6-10-20(19)30-2)31-23-27-26-21(28(23)15-11-12-15)17-13-24-18-8-4-3-7-16(17)18/h3-10,13-15,24H,11-12H2,1-2H3,(H,25,29). The first-order valence-corrected chi connectivity index (χ1v) is 12.4. The van der Waals surface area contributed by atoms with Gasteiger partial charge >= 0.3 is 0 Å². The Labute approximate surface area is 189 Å². The van der Waals surface area contributed by atoms with Gasteiger partial charge in [0.05, 0.1) is 10.9 Å². The zero-order chi connectivity index (χ0) is 21.4. The number of fused-ring (bicyclic) bond motifs is 1. The smallest absolute Gasteiger partial charge is 0.237 e. The summed E-state index contributed by atoms with van der Waals surface area (Å²) in [4.78, 5) is 17.3. The van der Waals surface area contributed by atoms with Crippen LogP contribution in [0.25, 0.3) is 22.3 Å². The van der Waals surface area contributed by atoms with Gasteiger partial charge in [-0.1, -0.05) is 42.1 Å². The van der Waals surface area contributed by atoms with Crippen LogP contribution >= 0.6 is 23.5 Å². The monoisotopic (exact) mass is 449 g/mol. The van der Waals surface area contributed by atoms with Crippen molar-refractivity contribution in [3.63, 3.8) is 0 Å². The number of aromatic nitrogens is 4. The van der Waals surface area contributed by atoms with Crippen LogP contribution in [0.4, 0.5) is 5.69 Å². The highest BCUT2D eigenvalue weighted by Gasteiger charge is 2.32. The SMILES string of the molecule is CSc1ccccc1NC(=O)C(C)Sc1nnc(-c2c[nH]c3ccccc23)n1C1CC1. The zero-order valence-corrected chi connectivity index (χ0v) is 19.0. The summed E-state index contributed by atoms with van der Waals surface area (Å²) in [5.74, 6) is 0.827. The molecule has 0 bridgehead atoms. The molecule has 2 heterocycles. The first kappa shape index (κ1) is 20.2. The van der Waals surface area contributed by atoms with Crippen LogP contribution in [0, 0.1) is 0 Å². The molecule has 1 atom stereocenters. The number of thioether (sulfide) groups is 2. The molecule has 8 heteroatoms. The normalized spacial score (nSPS) is 14.6. The second kappa shape index (κ2) is 8.43. The van der Waals surface area contributed by atoms with Crippen molar-refractivity contribution in [2.75, 3.05) is 11.6 Å². The molecule has 1 amide bonds. The van der Waals surface area contributed by atoms with Gasteiger partial charge < -0.3 is 10.3 Å². The molecule has 5 rings (SSSR count). The molecule has 1 aliphatic rings. The first-order valence-electron chi connectivity index (χ1n) is 10.3. The summed E-state index contributed by atoms with van der Waals surface area (Å²) >= 11 is 3.08. The third-order valence-electron chi connectivity index (χ3n) is 5.42. The van der Waals surface area contributed by atoms with E-state index in [-0.39, 0.29) is 11.2 Å². The summed E-state index contributed by atoms with van der Waals surface area (Å²) < 4.78 is 2.21. The molecule has 0 saturated heterocycles. The fraction of sp³-hybridized carbons (Fsp3) is 0.261. The highest BCUT2D eigenvalue weighted by atomic mass is 32.2. The number of H-pyrrole nitrogens is 1. The van der Waals surface area contributed by atoms with Gasteiger partial charge in [-0.2, -0.15) is 0 Å². The second-order valence-electron chi connectivity index (χ2n) is 7.60. The molecule has 0 aliphatic heterocycles. The van der Waals surface area contributed by atoms with Crippen molar-refractivity contribution in [1.29, 1.82) is 0 Å². The van der Waals surface area contributed by atoms with Gasteiger partial charge in [-0.25, -0.2) is 0 Å². The summed E-state index contributed by atoms with van der Waals surface area (Å²) in [6.45, 7) is 1.92. The van der Waals surface area contributed by atoms with E-state index >= 15 is 0 Å². The highest BCUT2D eigenvalue weighted by molar-refractivity contribution is 8.00. The molecule has 2 aromatic carbocycles. The molecule has 31 heavy (non-hydrogen) atoms. The van der Waals surface area contributed by atoms with Crippen LogP contribution in [0.1, 0.15) is 25.8 Å². The lowest BCUT2D eigenvalue weighted by Gasteiger charge is -2.14. The van der Waals surface area contributed by atoms with E-state index in [2.05, 4.69) is 37.2 Å². The van der Waals surface area contributed by atoms with E-state index < -0.39 is 0 Å². The van der Waals surface area contributed by atoms with Crippen LogP contribution in [-0.2, 0) is 4.79 Å². The third-order valence-corrected chi connectivity index (χ3v) is 7.28. The van der Waals surface area contributed by atoms with E-state index in [1.165, 1.54) is 11.8 Å². The molecule has 4 aromatic rings. The Morgan fingerprint density at radius 3 is 2.74 bits per heavy atom. The predicted molar refractivity (Wildman–Crippen MR) is 128 cm³/mol. The Balaban J connectivity index is 1.40. The summed E-state index contributed by atoms with van der Waals surface area (Å²) in [6, 6.07) is 16.5. The summed E-state index contributed by atoms with van der Waals surface area (Å²) in [5.41, 5.74) is 2.97. The third kappa shape index (κ3) is 3.97. The minimum Gasteiger partial charge on any atom is -0.360 e. The van der Waals surface area contributed by atoms with Gasteiger partial charge in [0, 0.05) is 33.6 Å². The van der Waals surface area contributed by atoms with E-state index in [1.54, 1.807) is 11.8 Å². The van der Waals surface area contributed by atoms with Crippen LogP contribution in [0.3, 0.4) is 0 Å². The molecule has 0 spiro atoms. The number of rotatable bonds is 7. The van der Waals surface area contributed by atoms with Crippen molar-refractivity contribution in [2.45, 2.75) is 41.1 Å². The largest absolute Gasteiger partial charge is 0.360 e. The van der Waals surface area contributed by atoms with Gasteiger partial charge in [0.25, 0.3) is 0 Å². The van der Waals surface area contributed by atoms with Crippen molar-refractivity contribution in [2.24, 2.45) is 0 Å². The maximum absolute atomic E-state index is 12.9. The van der Waals surface area contributed by atoms with E-state index in [9.17, 15) is 4.79 Å². The van der Waals surface area contributed by atoms with E-state index in [0.717, 1.165) is 50.9 Å². The van der Waals surface area contributed by atoms with Gasteiger partial charge in [0.2, 0.25) is 5.91 Å². The van der Waals surface area contributed by atoms with Crippen molar-refractivity contribution in [1.82, 2.24) is 19.7 Å². The number of carbonyl (C=O) groups is 1. The Hall–Kier alpha value is -2.71. The number of benzene rings is 2. The number of hydrogen-bond acceptors (Lipinski definition) is 5. The van der Waals surface area contributed by atoms with Crippen LogP contribution in [0.5, 0.6) is 0 Å². The molecule has 1 saturated carbocycles. The van der Waals surface area contributed by atoms with E-state index in [0.29, 0.717) is 6.04 Å². The quantitative estimate of drug-likeness (QED) is 0.359. The minimum atomic E-state index is -0.299. The average molecular weight is 450 g/mol. The Morgan fingerprint density at radius 2 is 1.94 bits per heavy atom. The fourth-order valence-corrected chi connectivity index (χ4v) is 5.13. The number of nitrogens with one attached hydrogen (secondary N) is 2. The van der Waals surface area contributed by atoms with Crippen LogP contribution in [0.15, 0.2) is 64.8 Å². The topological polar surface area (TPSA) is 75.6 Å². The first-order chi connectivity index (χ1) is 15.2. The lowest BCUT2D eigenvalue weighted by atomic mass is 10.1. The number of anilines is 1. The maximum Gasteiger partial charge on any atom is 0.237 e. The van der Waals surface area contributed by atoms with Gasteiger partial charge in [-0.15, -0.1) is 22.0 Å². The Morgan fingerprint density at radius 1 is 1.16 bits per heavy atom. The molecule has 1 aliphatic carbocycles. The Kier molecular flexibility index (Phi) is 5.50. The number of nitrogens with zero attached hydrogens (tertiary/aromatic N) is 3. The van der Waals surface area contributed by atoms with E-state index in [4.69, 9.17) is 0 Å². The number of hydrogen-bond donors (Lipinski definition) is 2. The summed E-state index contributed by atoms with van der Waals surface area (Å²) in [7, 11) is 0. The molecule has 1 unspecified atom stereocenters. The van der Waals surface area contributed by atoms with Gasteiger partial charge in [-0.3, -0.25) is 9.36 Å². The molecule has 1 fully saturated rings. The summed E-state index contributed by atoms with van der Waals surface area (Å²) in [6.07, 6.45) is 6.23. The van der Waals surface area contributed by atoms with Crippen LogP contribution in [-0.4, -0.2) is 37.2 Å². The molecule has 2 N–H and O–H groups in total. The number of carbonyl (C=O) groups excluding carboxylic acids is 1. The van der Waals surface area contributed by atoms with Crippen molar-refractivity contribution in [3.8, 4) is 11.4 Å². The highest BCUT2D eigenvalue weighted by Crippen LogP contribution is 2.43. The van der Waals surface area contributed by atoms with Crippen LogP contribution in [0.2, 0.25) is 0 Å². The molecular formula is C23H23N5OS2. The fourth-order valence-electron chi connectivity index (χ4n) is 3.65. The molecule has 158 valence electrons. The van der Waals surface area contributed by atoms with Crippen molar-refractivity contribution >= 4 is 46.0 Å². The summed E-state index contributed by atoms with van der Waals surface area (Å²) in [5, 5.41) is 13.7. The Bertz CT molecular complexity index is 1240. The lowest BCUT2D eigenvalue weighted by Crippen LogP contribution is -2.23. The number of para-hydroxylation sites is 2. The molecular weight excluding hydrogens is 426 g/mol. The van der Waals surface area contributed by atoms with Gasteiger partial charge in [-0.05, 0) is 44.2 Å². The molecule has 0 radical (unpaired) electrons. The lowest BCUT2D eigenvalue weighted by molar-refractivity contribution is -0.115. The van der Waals surface area contributed by atoms with Gasteiger partial charge in [0.1, 0.15) is 0 Å². The minimum absolute atomic E-state index is 0.0366. The molecule has 2 aromatic heterocycles. The molecule has 6 nitrogen and oxygen atoms in total. The van der Waals surface area contributed by atoms with Crippen molar-refractivity contribution < 1.29 is 4.79 Å². The number of aromatic amines is 1. The average Bonchev–Trinajstić information content (AvgIpc) is 3.41. The van der Waals surface area contributed by atoms with E-state index in [1.807, 2.05) is 55.8 Å². The zero-order valence-electron chi connectivity index (χ0n) is 17.3. The van der Waals surface area contributed by atoms with Crippen LogP contribution < -0.4 is 5.32 Å². The van der Waals surface area contributed by atoms with Crippen molar-refractivity contribution in [3.05, 3.63) is 54.7 Å². The van der Waals surface area contributed by atoms with Gasteiger partial charge in [0.15, 0.2) is 11.0 Å².